The summed E-state index contributed by atoms with van der Waals surface area (Å²) in [7, 11) is 1.33. The van der Waals surface area contributed by atoms with E-state index in [-0.39, 0.29) is 12.4 Å². The zero-order valence-electron chi connectivity index (χ0n) is 7.98. The molecule has 2 aromatic rings. The fourth-order valence-electron chi connectivity index (χ4n) is 1.18. The molecule has 0 atom stereocenters. The number of ether oxygens (including phenoxy) is 1. The van der Waals surface area contributed by atoms with Crippen LogP contribution in [0.4, 0.5) is 0 Å². The Morgan fingerprint density at radius 3 is 3.20 bits per heavy atom. The number of carbonyl (C=O) groups excluding carboxylic acids is 1. The summed E-state index contributed by atoms with van der Waals surface area (Å²) in [6.07, 6.45) is 1.75. The predicted octanol–water partition coefficient (Wildman–Crippen LogP) is 1.10. The summed E-state index contributed by atoms with van der Waals surface area (Å²) in [6.45, 7) is 0. The van der Waals surface area contributed by atoms with Gasteiger partial charge in [-0.1, -0.05) is 11.6 Å². The van der Waals surface area contributed by atoms with Gasteiger partial charge in [-0.2, -0.15) is 5.10 Å². The standard InChI is InChI=1S/C9H8ClN3O2/c1-15-9(14)5-7-11-8-4-6(10)2-3-13(8)12-7/h2-4H,5H2,1H3. The molecule has 6 heteroatoms. The first-order valence-electron chi connectivity index (χ1n) is 4.26. The number of pyridine rings is 1. The third-order valence-corrected chi connectivity index (χ3v) is 2.11. The van der Waals surface area contributed by atoms with Gasteiger partial charge in [0.05, 0.1) is 7.11 Å². The van der Waals surface area contributed by atoms with E-state index < -0.39 is 0 Å². The average Bonchev–Trinajstić information content (AvgIpc) is 2.59. The van der Waals surface area contributed by atoms with Crippen LogP contribution in [0.2, 0.25) is 5.02 Å². The summed E-state index contributed by atoms with van der Waals surface area (Å²) >= 11 is 5.79. The van der Waals surface area contributed by atoms with Crippen molar-refractivity contribution in [2.45, 2.75) is 6.42 Å². The Hall–Kier alpha value is -1.62. The van der Waals surface area contributed by atoms with Crippen molar-refractivity contribution in [1.29, 1.82) is 0 Å². The van der Waals surface area contributed by atoms with Crippen LogP contribution in [-0.2, 0) is 16.0 Å². The minimum absolute atomic E-state index is 0.0653. The van der Waals surface area contributed by atoms with E-state index in [2.05, 4.69) is 14.8 Å². The highest BCUT2D eigenvalue weighted by Crippen LogP contribution is 2.10. The third kappa shape index (κ3) is 2.07. The van der Waals surface area contributed by atoms with E-state index in [9.17, 15) is 4.79 Å². The number of rotatable bonds is 2. The lowest BCUT2D eigenvalue weighted by atomic mass is 10.4. The second-order valence-electron chi connectivity index (χ2n) is 2.93. The number of hydrogen-bond donors (Lipinski definition) is 0. The maximum atomic E-state index is 11.0. The highest BCUT2D eigenvalue weighted by molar-refractivity contribution is 6.30. The fraction of sp³-hybridized carbons (Fsp3) is 0.222. The first-order valence-corrected chi connectivity index (χ1v) is 4.64. The van der Waals surface area contributed by atoms with Gasteiger partial charge in [-0.05, 0) is 6.07 Å². The molecule has 2 heterocycles. The summed E-state index contributed by atoms with van der Waals surface area (Å²) < 4.78 is 6.08. The second kappa shape index (κ2) is 3.86. The Bertz CT molecular complexity index is 509. The van der Waals surface area contributed by atoms with Crippen LogP contribution in [0.15, 0.2) is 18.3 Å². The van der Waals surface area contributed by atoms with Gasteiger partial charge in [0, 0.05) is 17.3 Å². The Balaban J connectivity index is 2.34. The molecule has 2 aromatic heterocycles. The fourth-order valence-corrected chi connectivity index (χ4v) is 1.33. The van der Waals surface area contributed by atoms with E-state index >= 15 is 0 Å². The Labute approximate surface area is 90.6 Å². The van der Waals surface area contributed by atoms with E-state index in [1.807, 2.05) is 0 Å². The molecule has 0 fully saturated rings. The van der Waals surface area contributed by atoms with Crippen molar-refractivity contribution in [3.63, 3.8) is 0 Å². The highest BCUT2D eigenvalue weighted by atomic mass is 35.5. The molecule has 0 bridgehead atoms. The van der Waals surface area contributed by atoms with Gasteiger partial charge in [0.2, 0.25) is 0 Å². The maximum absolute atomic E-state index is 11.0. The van der Waals surface area contributed by atoms with E-state index in [0.717, 1.165) is 0 Å². The number of aromatic nitrogens is 3. The lowest BCUT2D eigenvalue weighted by molar-refractivity contribution is -0.139. The second-order valence-corrected chi connectivity index (χ2v) is 3.37. The number of nitrogens with zero attached hydrogens (tertiary/aromatic N) is 3. The van der Waals surface area contributed by atoms with Crippen LogP contribution in [0.25, 0.3) is 5.65 Å². The van der Waals surface area contributed by atoms with Crippen molar-refractivity contribution in [2.75, 3.05) is 7.11 Å². The zero-order chi connectivity index (χ0) is 10.8. The first-order chi connectivity index (χ1) is 7.19. The van der Waals surface area contributed by atoms with Crippen LogP contribution < -0.4 is 0 Å². The van der Waals surface area contributed by atoms with Gasteiger partial charge in [-0.25, -0.2) is 9.50 Å². The van der Waals surface area contributed by atoms with Crippen molar-refractivity contribution in [3.8, 4) is 0 Å². The number of hydrogen-bond acceptors (Lipinski definition) is 4. The molecule has 0 amide bonds. The van der Waals surface area contributed by atoms with Crippen LogP contribution in [0.3, 0.4) is 0 Å². The summed E-state index contributed by atoms with van der Waals surface area (Å²) in [5.74, 6) is 0.0566. The molecule has 0 unspecified atom stereocenters. The Morgan fingerprint density at radius 2 is 2.47 bits per heavy atom. The van der Waals surface area contributed by atoms with Gasteiger partial charge < -0.3 is 4.74 Å². The molecule has 0 N–H and O–H groups in total. The van der Waals surface area contributed by atoms with E-state index in [4.69, 9.17) is 11.6 Å². The largest absolute Gasteiger partial charge is 0.469 e. The van der Waals surface area contributed by atoms with Crippen LogP contribution >= 0.6 is 11.6 Å². The highest BCUT2D eigenvalue weighted by Gasteiger charge is 2.09. The van der Waals surface area contributed by atoms with E-state index in [0.29, 0.717) is 16.5 Å². The number of methoxy groups -OCH3 is 1. The summed E-state index contributed by atoms with van der Waals surface area (Å²) in [6, 6.07) is 3.38. The number of esters is 1. The van der Waals surface area contributed by atoms with Gasteiger partial charge in [-0.3, -0.25) is 4.79 Å². The molecule has 0 aromatic carbocycles. The molecule has 0 aliphatic heterocycles. The molecule has 0 aliphatic carbocycles. The summed E-state index contributed by atoms with van der Waals surface area (Å²) in [4.78, 5) is 15.1. The number of fused-ring (bicyclic) bond motifs is 1. The zero-order valence-corrected chi connectivity index (χ0v) is 8.73. The molecule has 0 aliphatic rings. The quantitative estimate of drug-likeness (QED) is 0.719. The van der Waals surface area contributed by atoms with Crippen LogP contribution in [-0.4, -0.2) is 27.7 Å². The maximum Gasteiger partial charge on any atom is 0.313 e. The third-order valence-electron chi connectivity index (χ3n) is 1.87. The molecule has 78 valence electrons. The van der Waals surface area contributed by atoms with Gasteiger partial charge in [-0.15, -0.1) is 0 Å². The van der Waals surface area contributed by atoms with Gasteiger partial charge in [0.25, 0.3) is 0 Å². The summed E-state index contributed by atoms with van der Waals surface area (Å²) in [5.41, 5.74) is 0.612. The van der Waals surface area contributed by atoms with Gasteiger partial charge in [0.1, 0.15) is 6.42 Å². The molecule has 0 saturated carbocycles. The lowest BCUT2D eigenvalue weighted by Crippen LogP contribution is -2.05. The minimum atomic E-state index is -0.364. The normalized spacial score (nSPS) is 10.5. The minimum Gasteiger partial charge on any atom is -0.469 e. The lowest BCUT2D eigenvalue weighted by Gasteiger charge is -1.91. The molecule has 2 rings (SSSR count). The SMILES string of the molecule is COC(=O)Cc1nc2cc(Cl)ccn2n1. The molecule has 5 nitrogen and oxygen atoms in total. The number of carbonyl (C=O) groups is 1. The molecular weight excluding hydrogens is 218 g/mol. The molecule has 15 heavy (non-hydrogen) atoms. The van der Waals surface area contributed by atoms with Crippen LogP contribution in [0, 0.1) is 0 Å². The monoisotopic (exact) mass is 225 g/mol. The van der Waals surface area contributed by atoms with Crippen molar-refractivity contribution in [3.05, 3.63) is 29.2 Å². The molecule has 0 saturated heterocycles. The van der Waals surface area contributed by atoms with E-state index in [1.165, 1.54) is 7.11 Å². The first kappa shape index (κ1) is 9.92. The molecule has 0 spiro atoms. The van der Waals surface area contributed by atoms with Crippen molar-refractivity contribution >= 4 is 23.2 Å². The average molecular weight is 226 g/mol. The predicted molar refractivity (Wildman–Crippen MR) is 53.7 cm³/mol. The van der Waals surface area contributed by atoms with Crippen LogP contribution in [0.5, 0.6) is 0 Å². The summed E-state index contributed by atoms with van der Waals surface area (Å²) in [5, 5.41) is 4.67. The van der Waals surface area contributed by atoms with Gasteiger partial charge >= 0.3 is 5.97 Å². The Kier molecular flexibility index (Phi) is 2.55. The van der Waals surface area contributed by atoms with Crippen molar-refractivity contribution in [2.24, 2.45) is 0 Å². The van der Waals surface area contributed by atoms with Crippen molar-refractivity contribution < 1.29 is 9.53 Å². The van der Waals surface area contributed by atoms with Crippen molar-refractivity contribution in [1.82, 2.24) is 14.6 Å². The molecule has 0 radical (unpaired) electrons. The number of halogens is 1. The van der Waals surface area contributed by atoms with E-state index in [1.54, 1.807) is 22.8 Å². The van der Waals surface area contributed by atoms with Gasteiger partial charge in [0.15, 0.2) is 11.5 Å². The smallest absolute Gasteiger partial charge is 0.313 e. The molecular formula is C9H8ClN3O2. The topological polar surface area (TPSA) is 56.5 Å². The Morgan fingerprint density at radius 1 is 1.67 bits per heavy atom. The van der Waals surface area contributed by atoms with Crippen LogP contribution in [0.1, 0.15) is 5.82 Å².